The molecule has 0 saturated heterocycles. The number of carbonyl (C=O) groups excluding carboxylic acids is 1. The molecule has 0 aliphatic carbocycles. The fraction of sp³-hybridized carbons (Fsp3) is 0.263. The molecule has 0 fully saturated rings. The number of halogens is 1. The van der Waals surface area contributed by atoms with Crippen molar-refractivity contribution in [1.82, 2.24) is 4.90 Å². The fourth-order valence-corrected chi connectivity index (χ4v) is 3.51. The summed E-state index contributed by atoms with van der Waals surface area (Å²) in [4.78, 5) is 19.5. The van der Waals surface area contributed by atoms with Crippen LogP contribution in [0.15, 0.2) is 58.6 Å². The summed E-state index contributed by atoms with van der Waals surface area (Å²) in [5, 5.41) is 9.09. The number of oxime groups is 1. The normalized spacial score (nSPS) is 17.6. The molecule has 2 N–H and O–H groups in total. The molecule has 1 amide bonds. The first-order valence-electron chi connectivity index (χ1n) is 8.55. The Balaban J connectivity index is 1.71. The van der Waals surface area contributed by atoms with Crippen molar-refractivity contribution in [3.05, 3.63) is 65.5 Å². The maximum absolute atomic E-state index is 13.4. The molecule has 0 spiro atoms. The summed E-state index contributed by atoms with van der Waals surface area (Å²) in [5.41, 5.74) is 1.67. The van der Waals surface area contributed by atoms with Crippen molar-refractivity contribution >= 4 is 21.6 Å². The van der Waals surface area contributed by atoms with Gasteiger partial charge in [-0.25, -0.2) is 17.9 Å². The summed E-state index contributed by atoms with van der Waals surface area (Å²) in [5.74, 6) is -0.709. The van der Waals surface area contributed by atoms with Crippen molar-refractivity contribution in [2.24, 2.45) is 10.3 Å². The molecule has 0 aromatic heterocycles. The predicted molar refractivity (Wildman–Crippen MR) is 101 cm³/mol. The number of nitrogens with zero attached hydrogens (tertiary/aromatic N) is 2. The molecule has 1 aliphatic rings. The lowest BCUT2D eigenvalue weighted by Crippen LogP contribution is -2.38. The van der Waals surface area contributed by atoms with E-state index in [-0.39, 0.29) is 17.2 Å². The molecule has 7 nitrogen and oxygen atoms in total. The lowest BCUT2D eigenvalue weighted by molar-refractivity contribution is -0.142. The third-order valence-corrected chi connectivity index (χ3v) is 5.61. The van der Waals surface area contributed by atoms with Crippen LogP contribution in [0, 0.1) is 5.82 Å². The molecule has 3 rings (SSSR count). The van der Waals surface area contributed by atoms with Crippen LogP contribution in [0.4, 0.5) is 4.39 Å². The highest BCUT2D eigenvalue weighted by Gasteiger charge is 2.33. The van der Waals surface area contributed by atoms with E-state index in [0.29, 0.717) is 16.8 Å². The molecule has 2 aromatic rings. The van der Waals surface area contributed by atoms with Gasteiger partial charge in [0.15, 0.2) is 0 Å². The predicted octanol–water partition coefficient (Wildman–Crippen LogP) is 2.19. The summed E-state index contributed by atoms with van der Waals surface area (Å²) in [7, 11) is -2.24. The van der Waals surface area contributed by atoms with Crippen molar-refractivity contribution in [2.45, 2.75) is 30.4 Å². The van der Waals surface area contributed by atoms with Crippen molar-refractivity contribution < 1.29 is 22.4 Å². The number of nitrogens with two attached hydrogens (primary N) is 1. The van der Waals surface area contributed by atoms with Gasteiger partial charge in [0.1, 0.15) is 5.82 Å². The van der Waals surface area contributed by atoms with Crippen LogP contribution in [0.1, 0.15) is 30.5 Å². The van der Waals surface area contributed by atoms with E-state index in [2.05, 4.69) is 5.16 Å². The van der Waals surface area contributed by atoms with Gasteiger partial charge in [-0.2, -0.15) is 0 Å². The summed E-state index contributed by atoms with van der Waals surface area (Å²) < 4.78 is 36.5. The Hall–Kier alpha value is -2.78. The van der Waals surface area contributed by atoms with Gasteiger partial charge in [0.05, 0.1) is 16.6 Å². The summed E-state index contributed by atoms with van der Waals surface area (Å²) >= 11 is 0. The van der Waals surface area contributed by atoms with Crippen LogP contribution >= 0.6 is 0 Å². The molecule has 2 unspecified atom stereocenters. The minimum Gasteiger partial charge on any atom is -0.382 e. The van der Waals surface area contributed by atoms with Crippen molar-refractivity contribution in [1.29, 1.82) is 0 Å². The Kier molecular flexibility index (Phi) is 5.48. The van der Waals surface area contributed by atoms with Gasteiger partial charge in [-0.3, -0.25) is 4.79 Å². The first-order chi connectivity index (χ1) is 13.2. The van der Waals surface area contributed by atoms with Gasteiger partial charge in [0.25, 0.3) is 5.91 Å². The number of hydrogen-bond acceptors (Lipinski definition) is 5. The zero-order valence-electron chi connectivity index (χ0n) is 15.4. The molecule has 28 heavy (non-hydrogen) atoms. The maximum Gasteiger partial charge on any atom is 0.267 e. The molecule has 0 radical (unpaired) electrons. The van der Waals surface area contributed by atoms with Crippen LogP contribution in [0.5, 0.6) is 0 Å². The molecule has 2 atom stereocenters. The first kappa shape index (κ1) is 20.0. The zero-order valence-corrected chi connectivity index (χ0v) is 16.2. The monoisotopic (exact) mass is 405 g/mol. The number of sulfonamides is 1. The summed E-state index contributed by atoms with van der Waals surface area (Å²) in [6.07, 6.45) is -0.608. The molecular weight excluding hydrogens is 385 g/mol. The van der Waals surface area contributed by atoms with Crippen molar-refractivity contribution in [3.8, 4) is 0 Å². The lowest BCUT2D eigenvalue weighted by atomic mass is 10.0. The number of rotatable bonds is 5. The van der Waals surface area contributed by atoms with E-state index in [1.165, 1.54) is 29.2 Å². The Labute approximate surface area is 162 Å². The van der Waals surface area contributed by atoms with Gasteiger partial charge in [-0.05, 0) is 36.8 Å². The lowest BCUT2D eigenvalue weighted by Gasteiger charge is -2.27. The number of primary sulfonamides is 1. The second-order valence-electron chi connectivity index (χ2n) is 6.59. The van der Waals surface area contributed by atoms with Crippen LogP contribution in [-0.4, -0.2) is 38.1 Å². The van der Waals surface area contributed by atoms with Crippen LogP contribution < -0.4 is 5.14 Å². The second-order valence-corrected chi connectivity index (χ2v) is 8.15. The molecular formula is C19H20FN3O4S. The largest absolute Gasteiger partial charge is 0.382 e. The number of likely N-dealkylation sites (N-methyl/N-ethyl adjacent to an activating group) is 1. The Morgan fingerprint density at radius 1 is 1.29 bits per heavy atom. The highest BCUT2D eigenvalue weighted by Crippen LogP contribution is 2.25. The molecule has 1 heterocycles. The molecule has 1 aliphatic heterocycles. The summed E-state index contributed by atoms with van der Waals surface area (Å²) in [6.45, 7) is 1.77. The van der Waals surface area contributed by atoms with Crippen LogP contribution in [0.3, 0.4) is 0 Å². The van der Waals surface area contributed by atoms with E-state index in [1.807, 2.05) is 0 Å². The third kappa shape index (κ3) is 4.20. The van der Waals surface area contributed by atoms with E-state index in [4.69, 9.17) is 9.98 Å². The quantitative estimate of drug-likeness (QED) is 0.824. The van der Waals surface area contributed by atoms with Gasteiger partial charge in [-0.15, -0.1) is 0 Å². The van der Waals surface area contributed by atoms with Gasteiger partial charge in [0.2, 0.25) is 16.1 Å². The Bertz CT molecular complexity index is 1040. The highest BCUT2D eigenvalue weighted by molar-refractivity contribution is 7.89. The third-order valence-electron chi connectivity index (χ3n) is 4.70. The average molecular weight is 405 g/mol. The standard InChI is InChI=1S/C19H20FN3O4S/c1-12(13-5-4-8-16(10-13)28(21,25)26)23(2)19(24)18-11-17(22-27-18)14-6-3-7-15(20)9-14/h3-10,12,18H,11H2,1-2H3,(H2,21,25,26). The number of benzene rings is 2. The molecule has 9 heteroatoms. The zero-order chi connectivity index (χ0) is 20.5. The van der Waals surface area contributed by atoms with E-state index < -0.39 is 28.0 Å². The van der Waals surface area contributed by atoms with Gasteiger partial charge in [-0.1, -0.05) is 29.4 Å². The van der Waals surface area contributed by atoms with E-state index in [1.54, 1.807) is 38.2 Å². The number of amides is 1. The average Bonchev–Trinajstić information content (AvgIpc) is 3.16. The number of carbonyl (C=O) groups is 1. The van der Waals surface area contributed by atoms with E-state index in [9.17, 15) is 17.6 Å². The van der Waals surface area contributed by atoms with Crippen molar-refractivity contribution in [3.63, 3.8) is 0 Å². The van der Waals surface area contributed by atoms with Crippen LogP contribution in [0.25, 0.3) is 0 Å². The molecule has 0 saturated carbocycles. The van der Waals surface area contributed by atoms with E-state index in [0.717, 1.165) is 0 Å². The maximum atomic E-state index is 13.4. The van der Waals surface area contributed by atoms with Crippen molar-refractivity contribution in [2.75, 3.05) is 7.05 Å². The Morgan fingerprint density at radius 2 is 2.00 bits per heavy atom. The van der Waals surface area contributed by atoms with Crippen LogP contribution in [0.2, 0.25) is 0 Å². The molecule has 148 valence electrons. The molecule has 0 bridgehead atoms. The topological polar surface area (TPSA) is 102 Å². The van der Waals surface area contributed by atoms with Gasteiger partial charge >= 0.3 is 0 Å². The van der Waals surface area contributed by atoms with E-state index >= 15 is 0 Å². The fourth-order valence-electron chi connectivity index (χ4n) is 2.94. The smallest absolute Gasteiger partial charge is 0.267 e. The summed E-state index contributed by atoms with van der Waals surface area (Å²) in [6, 6.07) is 11.6. The van der Waals surface area contributed by atoms with Gasteiger partial charge in [0, 0.05) is 19.0 Å². The first-order valence-corrected chi connectivity index (χ1v) is 10.1. The SMILES string of the molecule is CC(c1cccc(S(N)(=O)=O)c1)N(C)C(=O)C1CC(c2cccc(F)c2)=NO1. The van der Waals surface area contributed by atoms with Gasteiger partial charge < -0.3 is 9.74 Å². The minimum atomic E-state index is -3.84. The van der Waals surface area contributed by atoms with Crippen LogP contribution in [-0.2, 0) is 19.7 Å². The Morgan fingerprint density at radius 3 is 2.68 bits per heavy atom. The molecule has 2 aromatic carbocycles. The highest BCUT2D eigenvalue weighted by atomic mass is 32.2. The number of hydrogen-bond donors (Lipinski definition) is 1. The second kappa shape index (κ2) is 7.69. The minimum absolute atomic E-state index is 0.0217.